The predicted molar refractivity (Wildman–Crippen MR) is 54.9 cm³/mol. The number of nitrogens with one attached hydrogen (secondary N) is 1. The highest BCUT2D eigenvalue weighted by Gasteiger charge is 2.22. The topological polar surface area (TPSA) is 67.5 Å². The van der Waals surface area contributed by atoms with E-state index in [1.165, 1.54) is 25.7 Å². The Morgan fingerprint density at radius 1 is 1.21 bits per heavy atom. The lowest BCUT2D eigenvalue weighted by atomic mass is 9.94. The fourth-order valence-electron chi connectivity index (χ4n) is 2.23. The van der Waals surface area contributed by atoms with Gasteiger partial charge in [0.05, 0.1) is 0 Å². The maximum Gasteiger partial charge on any atom is 0.332 e. The molecule has 0 unspecified atom stereocenters. The van der Waals surface area contributed by atoms with Gasteiger partial charge < -0.3 is 5.73 Å². The van der Waals surface area contributed by atoms with Crippen molar-refractivity contribution in [2.45, 2.75) is 38.5 Å². The highest BCUT2D eigenvalue weighted by atomic mass is 16.2. The molecule has 0 heterocycles. The van der Waals surface area contributed by atoms with Crippen LogP contribution in [0.4, 0.5) is 4.79 Å². The molecule has 14 heavy (non-hydrogen) atoms. The molecule has 4 nitrogen and oxygen atoms in total. The standard InChI is InChI=1S/C10H15N3O/c11-10(14)13-12-9-5-7-3-1-2-4-8(7)6-9/h1-6H2,(H3,11,13,14). The van der Waals surface area contributed by atoms with Gasteiger partial charge in [0.25, 0.3) is 0 Å². The van der Waals surface area contributed by atoms with Crippen LogP contribution >= 0.6 is 0 Å². The maximum atomic E-state index is 10.5. The number of hydrogen-bond acceptors (Lipinski definition) is 2. The smallest absolute Gasteiger partial charge is 0.332 e. The molecule has 2 aliphatic carbocycles. The molecule has 0 aliphatic heterocycles. The molecule has 0 aromatic heterocycles. The third kappa shape index (κ3) is 1.95. The van der Waals surface area contributed by atoms with Gasteiger partial charge in [-0.2, -0.15) is 5.10 Å². The molecule has 0 fully saturated rings. The van der Waals surface area contributed by atoms with Crippen LogP contribution in [0, 0.1) is 0 Å². The second-order valence-corrected chi connectivity index (χ2v) is 3.92. The molecule has 2 rings (SSSR count). The van der Waals surface area contributed by atoms with Gasteiger partial charge in [0.15, 0.2) is 0 Å². The zero-order valence-corrected chi connectivity index (χ0v) is 8.18. The van der Waals surface area contributed by atoms with Crippen molar-refractivity contribution >= 4 is 11.7 Å². The van der Waals surface area contributed by atoms with E-state index in [0.29, 0.717) is 0 Å². The lowest BCUT2D eigenvalue weighted by Gasteiger charge is -2.11. The molecule has 0 bridgehead atoms. The van der Waals surface area contributed by atoms with Crippen molar-refractivity contribution in [3.05, 3.63) is 11.1 Å². The van der Waals surface area contributed by atoms with Crippen molar-refractivity contribution in [2.75, 3.05) is 0 Å². The number of allylic oxidation sites excluding steroid dienone is 2. The normalized spacial score (nSPS) is 20.7. The lowest BCUT2D eigenvalue weighted by molar-refractivity contribution is 0.249. The molecular weight excluding hydrogens is 178 g/mol. The van der Waals surface area contributed by atoms with Crippen LogP contribution in [0.2, 0.25) is 0 Å². The number of carbonyl (C=O) groups is 1. The molecule has 2 amide bonds. The number of hydrazone groups is 1. The monoisotopic (exact) mass is 193 g/mol. The number of nitrogens with zero attached hydrogens (tertiary/aromatic N) is 1. The van der Waals surface area contributed by atoms with Gasteiger partial charge in [0, 0.05) is 18.6 Å². The molecular formula is C10H15N3O. The number of rotatable bonds is 1. The van der Waals surface area contributed by atoms with Crippen LogP contribution in [0.15, 0.2) is 16.2 Å². The van der Waals surface area contributed by atoms with Gasteiger partial charge in [0.1, 0.15) is 0 Å². The van der Waals surface area contributed by atoms with Crippen molar-refractivity contribution in [1.29, 1.82) is 0 Å². The Labute approximate surface area is 83.2 Å². The quantitative estimate of drug-likeness (QED) is 0.482. The van der Waals surface area contributed by atoms with Crippen LogP contribution in [-0.4, -0.2) is 11.7 Å². The van der Waals surface area contributed by atoms with E-state index in [0.717, 1.165) is 18.6 Å². The van der Waals surface area contributed by atoms with E-state index in [4.69, 9.17) is 5.73 Å². The summed E-state index contributed by atoms with van der Waals surface area (Å²) in [5.74, 6) is 0. The highest BCUT2D eigenvalue weighted by molar-refractivity contribution is 5.92. The first-order valence-electron chi connectivity index (χ1n) is 5.06. The van der Waals surface area contributed by atoms with Crippen LogP contribution in [0.25, 0.3) is 0 Å². The molecule has 0 aromatic carbocycles. The molecule has 3 N–H and O–H groups in total. The van der Waals surface area contributed by atoms with Gasteiger partial charge in [-0.3, -0.25) is 0 Å². The van der Waals surface area contributed by atoms with E-state index >= 15 is 0 Å². The van der Waals surface area contributed by atoms with E-state index in [1.807, 2.05) is 0 Å². The minimum atomic E-state index is -0.581. The molecule has 0 saturated heterocycles. The van der Waals surface area contributed by atoms with Crippen molar-refractivity contribution < 1.29 is 4.79 Å². The van der Waals surface area contributed by atoms with E-state index in [9.17, 15) is 4.79 Å². The number of hydrogen-bond donors (Lipinski definition) is 2. The first kappa shape index (κ1) is 9.24. The van der Waals surface area contributed by atoms with E-state index in [1.54, 1.807) is 11.1 Å². The SMILES string of the molecule is NC(=O)NN=C1CC2=C(CCCC2)C1. The summed E-state index contributed by atoms with van der Waals surface area (Å²) in [4.78, 5) is 10.5. The summed E-state index contributed by atoms with van der Waals surface area (Å²) in [5.41, 5.74) is 11.4. The third-order valence-corrected chi connectivity index (χ3v) is 2.87. The van der Waals surface area contributed by atoms with Crippen molar-refractivity contribution in [3.8, 4) is 0 Å². The molecule has 2 aliphatic rings. The highest BCUT2D eigenvalue weighted by Crippen LogP contribution is 2.35. The summed E-state index contributed by atoms with van der Waals surface area (Å²) < 4.78 is 0. The van der Waals surface area contributed by atoms with Gasteiger partial charge in [0.2, 0.25) is 0 Å². The van der Waals surface area contributed by atoms with Gasteiger partial charge in [-0.15, -0.1) is 0 Å². The minimum absolute atomic E-state index is 0.581. The van der Waals surface area contributed by atoms with Crippen molar-refractivity contribution in [2.24, 2.45) is 10.8 Å². The summed E-state index contributed by atoms with van der Waals surface area (Å²) in [6, 6.07) is -0.581. The Morgan fingerprint density at radius 2 is 1.79 bits per heavy atom. The number of amides is 2. The Balaban J connectivity index is 1.97. The summed E-state index contributed by atoms with van der Waals surface area (Å²) >= 11 is 0. The Bertz CT molecular complexity index is 297. The maximum absolute atomic E-state index is 10.5. The average Bonchev–Trinajstić information content (AvgIpc) is 2.57. The summed E-state index contributed by atoms with van der Waals surface area (Å²) in [6.45, 7) is 0. The zero-order valence-electron chi connectivity index (χ0n) is 8.18. The summed E-state index contributed by atoms with van der Waals surface area (Å²) in [6.07, 6.45) is 6.91. The zero-order chi connectivity index (χ0) is 9.97. The minimum Gasteiger partial charge on any atom is -0.350 e. The summed E-state index contributed by atoms with van der Waals surface area (Å²) in [5, 5.41) is 4.00. The van der Waals surface area contributed by atoms with Crippen molar-refractivity contribution in [3.63, 3.8) is 0 Å². The number of urea groups is 1. The Hall–Kier alpha value is -1.32. The number of carbonyl (C=O) groups excluding carboxylic acids is 1. The van der Waals surface area contributed by atoms with E-state index in [2.05, 4.69) is 10.5 Å². The van der Waals surface area contributed by atoms with E-state index in [-0.39, 0.29) is 0 Å². The first-order valence-corrected chi connectivity index (χ1v) is 5.06. The average molecular weight is 193 g/mol. The molecule has 76 valence electrons. The second kappa shape index (κ2) is 3.82. The van der Waals surface area contributed by atoms with Gasteiger partial charge in [-0.25, -0.2) is 10.2 Å². The van der Waals surface area contributed by atoms with Crippen LogP contribution in [0.3, 0.4) is 0 Å². The third-order valence-electron chi connectivity index (χ3n) is 2.87. The van der Waals surface area contributed by atoms with Crippen LogP contribution in [0.1, 0.15) is 38.5 Å². The number of nitrogens with two attached hydrogens (primary N) is 1. The van der Waals surface area contributed by atoms with Gasteiger partial charge >= 0.3 is 6.03 Å². The molecule has 4 heteroatoms. The first-order chi connectivity index (χ1) is 6.75. The van der Waals surface area contributed by atoms with Gasteiger partial charge in [-0.05, 0) is 25.7 Å². The molecule has 0 aromatic rings. The summed E-state index contributed by atoms with van der Waals surface area (Å²) in [7, 11) is 0. The van der Waals surface area contributed by atoms with Crippen molar-refractivity contribution in [1.82, 2.24) is 5.43 Å². The second-order valence-electron chi connectivity index (χ2n) is 3.92. The lowest BCUT2D eigenvalue weighted by Crippen LogP contribution is -2.25. The van der Waals surface area contributed by atoms with Crippen LogP contribution in [-0.2, 0) is 0 Å². The predicted octanol–water partition coefficient (Wildman–Crippen LogP) is 1.68. The fraction of sp³-hybridized carbons (Fsp3) is 0.600. The van der Waals surface area contributed by atoms with Crippen LogP contribution in [0.5, 0.6) is 0 Å². The molecule has 0 saturated carbocycles. The largest absolute Gasteiger partial charge is 0.350 e. The number of primary amides is 1. The van der Waals surface area contributed by atoms with Gasteiger partial charge in [-0.1, -0.05) is 11.1 Å². The molecule has 0 spiro atoms. The van der Waals surface area contributed by atoms with E-state index < -0.39 is 6.03 Å². The molecule has 0 atom stereocenters. The Morgan fingerprint density at radius 3 is 2.29 bits per heavy atom. The fourth-order valence-corrected chi connectivity index (χ4v) is 2.23. The van der Waals surface area contributed by atoms with Crippen LogP contribution < -0.4 is 11.2 Å². The molecule has 0 radical (unpaired) electrons. The Kier molecular flexibility index (Phi) is 2.52.